The third-order valence-electron chi connectivity index (χ3n) is 2.89. The lowest BCUT2D eigenvalue weighted by Crippen LogP contribution is -2.27. The Morgan fingerprint density at radius 2 is 1.41 bits per heavy atom. The smallest absolute Gasteiger partial charge is 0.125 e. The van der Waals surface area contributed by atoms with Gasteiger partial charge in [0, 0.05) is 12.0 Å². The molecule has 0 aromatic rings. The van der Waals surface area contributed by atoms with Crippen LogP contribution in [-0.4, -0.2) is 12.2 Å². The summed E-state index contributed by atoms with van der Waals surface area (Å²) in [7, 11) is 0. The molecular weight excluding hydrogens is 208 g/mol. The highest BCUT2D eigenvalue weighted by molar-refractivity contribution is 5.17. The molecule has 1 atom stereocenters. The van der Waals surface area contributed by atoms with Crippen molar-refractivity contribution in [3.63, 3.8) is 0 Å². The second kappa shape index (κ2) is 7.77. The van der Waals surface area contributed by atoms with Gasteiger partial charge in [-0.25, -0.2) is 0 Å². The molecule has 0 amide bonds. The Morgan fingerprint density at radius 3 is 1.88 bits per heavy atom. The third-order valence-corrected chi connectivity index (χ3v) is 2.89. The first-order valence-electron chi connectivity index (χ1n) is 7.07. The lowest BCUT2D eigenvalue weighted by molar-refractivity contribution is 0.00665. The van der Waals surface area contributed by atoms with Crippen LogP contribution < -0.4 is 0 Å². The molecule has 0 aliphatic carbocycles. The normalized spacial score (nSPS) is 14.9. The SMILES string of the molecule is CCCOC(C)(C#CC(C)(C)CCC)CCC. The topological polar surface area (TPSA) is 9.23 Å². The van der Waals surface area contributed by atoms with Crippen LogP contribution in [-0.2, 0) is 4.74 Å². The summed E-state index contributed by atoms with van der Waals surface area (Å²) in [5, 5.41) is 0. The molecule has 0 rings (SSSR count). The van der Waals surface area contributed by atoms with Crippen LogP contribution >= 0.6 is 0 Å². The van der Waals surface area contributed by atoms with Gasteiger partial charge in [-0.05, 0) is 40.0 Å². The van der Waals surface area contributed by atoms with E-state index in [1.54, 1.807) is 0 Å². The van der Waals surface area contributed by atoms with E-state index < -0.39 is 0 Å². The van der Waals surface area contributed by atoms with Gasteiger partial charge in [-0.15, -0.1) is 0 Å². The molecule has 1 unspecified atom stereocenters. The fraction of sp³-hybridized carbons (Fsp3) is 0.875. The Labute approximate surface area is 108 Å². The van der Waals surface area contributed by atoms with Gasteiger partial charge in [0.25, 0.3) is 0 Å². The average molecular weight is 238 g/mol. The van der Waals surface area contributed by atoms with Crippen LogP contribution in [0.5, 0.6) is 0 Å². The van der Waals surface area contributed by atoms with E-state index in [0.717, 1.165) is 32.3 Å². The van der Waals surface area contributed by atoms with Crippen molar-refractivity contribution in [1.82, 2.24) is 0 Å². The summed E-state index contributed by atoms with van der Waals surface area (Å²) in [5.74, 6) is 6.80. The Morgan fingerprint density at radius 1 is 0.824 bits per heavy atom. The van der Waals surface area contributed by atoms with Gasteiger partial charge in [0.2, 0.25) is 0 Å². The lowest BCUT2D eigenvalue weighted by atomic mass is 9.87. The average Bonchev–Trinajstić information content (AvgIpc) is 2.25. The molecule has 0 aliphatic heterocycles. The van der Waals surface area contributed by atoms with Crippen molar-refractivity contribution in [2.75, 3.05) is 6.61 Å². The number of rotatable bonds is 7. The van der Waals surface area contributed by atoms with Crippen molar-refractivity contribution >= 4 is 0 Å². The van der Waals surface area contributed by atoms with Gasteiger partial charge in [0.15, 0.2) is 0 Å². The molecule has 0 aromatic carbocycles. The first-order chi connectivity index (χ1) is 7.89. The van der Waals surface area contributed by atoms with Gasteiger partial charge >= 0.3 is 0 Å². The zero-order valence-electron chi connectivity index (χ0n) is 12.7. The molecule has 0 N–H and O–H groups in total. The highest BCUT2D eigenvalue weighted by atomic mass is 16.5. The minimum atomic E-state index is -0.254. The molecule has 0 spiro atoms. The Kier molecular flexibility index (Phi) is 7.55. The fourth-order valence-electron chi connectivity index (χ4n) is 1.96. The molecule has 1 nitrogen and oxygen atoms in total. The lowest BCUT2D eigenvalue weighted by Gasteiger charge is -2.25. The van der Waals surface area contributed by atoms with E-state index in [1.807, 2.05) is 0 Å². The van der Waals surface area contributed by atoms with Crippen molar-refractivity contribution in [3.05, 3.63) is 0 Å². The van der Waals surface area contributed by atoms with Gasteiger partial charge in [0.05, 0.1) is 0 Å². The van der Waals surface area contributed by atoms with Crippen LogP contribution in [0.2, 0.25) is 0 Å². The van der Waals surface area contributed by atoms with Crippen molar-refractivity contribution in [1.29, 1.82) is 0 Å². The Balaban J connectivity index is 4.67. The van der Waals surface area contributed by atoms with E-state index >= 15 is 0 Å². The van der Waals surface area contributed by atoms with Gasteiger partial charge in [-0.2, -0.15) is 0 Å². The molecule has 0 fully saturated rings. The van der Waals surface area contributed by atoms with E-state index in [4.69, 9.17) is 4.74 Å². The van der Waals surface area contributed by atoms with Crippen LogP contribution in [0.4, 0.5) is 0 Å². The van der Waals surface area contributed by atoms with Crippen LogP contribution in [0, 0.1) is 17.3 Å². The Hall–Kier alpha value is -0.480. The monoisotopic (exact) mass is 238 g/mol. The van der Waals surface area contributed by atoms with E-state index in [2.05, 4.69) is 53.4 Å². The van der Waals surface area contributed by atoms with E-state index in [-0.39, 0.29) is 11.0 Å². The highest BCUT2D eigenvalue weighted by Crippen LogP contribution is 2.23. The molecule has 0 radical (unpaired) electrons. The van der Waals surface area contributed by atoms with Gasteiger partial charge < -0.3 is 4.74 Å². The minimum absolute atomic E-state index is 0.110. The van der Waals surface area contributed by atoms with Crippen molar-refractivity contribution in [2.24, 2.45) is 5.41 Å². The summed E-state index contributed by atoms with van der Waals surface area (Å²) < 4.78 is 5.92. The first kappa shape index (κ1) is 16.5. The van der Waals surface area contributed by atoms with Crippen LogP contribution in [0.15, 0.2) is 0 Å². The number of hydrogen-bond donors (Lipinski definition) is 0. The van der Waals surface area contributed by atoms with E-state index in [0.29, 0.717) is 0 Å². The molecular formula is C16H30O. The van der Waals surface area contributed by atoms with Crippen LogP contribution in [0.3, 0.4) is 0 Å². The molecule has 0 aromatic heterocycles. The first-order valence-corrected chi connectivity index (χ1v) is 7.07. The second-order valence-corrected chi connectivity index (χ2v) is 5.71. The van der Waals surface area contributed by atoms with Crippen molar-refractivity contribution in [2.45, 2.75) is 79.2 Å². The molecule has 0 saturated heterocycles. The Bertz CT molecular complexity index is 256. The highest BCUT2D eigenvalue weighted by Gasteiger charge is 2.22. The zero-order chi connectivity index (χ0) is 13.4. The maximum atomic E-state index is 5.92. The largest absolute Gasteiger partial charge is 0.363 e. The molecule has 0 aliphatic rings. The van der Waals surface area contributed by atoms with Crippen LogP contribution in [0.25, 0.3) is 0 Å². The molecule has 0 heterocycles. The minimum Gasteiger partial charge on any atom is -0.363 e. The summed E-state index contributed by atoms with van der Waals surface area (Å²) in [6.07, 6.45) is 5.52. The predicted octanol–water partition coefficient (Wildman–Crippen LogP) is 4.80. The summed E-state index contributed by atoms with van der Waals surface area (Å²) in [6, 6.07) is 0. The molecule has 0 saturated carbocycles. The zero-order valence-corrected chi connectivity index (χ0v) is 12.7. The predicted molar refractivity (Wildman–Crippen MR) is 76.0 cm³/mol. The van der Waals surface area contributed by atoms with E-state index in [9.17, 15) is 0 Å². The molecule has 17 heavy (non-hydrogen) atoms. The van der Waals surface area contributed by atoms with Crippen LogP contribution in [0.1, 0.15) is 73.6 Å². The van der Waals surface area contributed by atoms with Gasteiger partial charge in [-0.3, -0.25) is 0 Å². The van der Waals surface area contributed by atoms with Gasteiger partial charge in [-0.1, -0.05) is 45.5 Å². The van der Waals surface area contributed by atoms with E-state index in [1.165, 1.54) is 6.42 Å². The second-order valence-electron chi connectivity index (χ2n) is 5.71. The maximum Gasteiger partial charge on any atom is 0.125 e. The summed E-state index contributed by atoms with van der Waals surface area (Å²) >= 11 is 0. The number of ether oxygens (including phenoxy) is 1. The van der Waals surface area contributed by atoms with Gasteiger partial charge in [0.1, 0.15) is 5.60 Å². The number of hydrogen-bond acceptors (Lipinski definition) is 1. The molecule has 1 heteroatoms. The standard InChI is InChI=1S/C16H30O/c1-7-10-15(4,5)12-13-16(6,11-8-2)17-14-9-3/h7-11,14H2,1-6H3. The molecule has 0 bridgehead atoms. The quantitative estimate of drug-likeness (QED) is 0.579. The summed E-state index contributed by atoms with van der Waals surface area (Å²) in [5.41, 5.74) is -0.144. The fourth-order valence-corrected chi connectivity index (χ4v) is 1.96. The van der Waals surface area contributed by atoms with Crippen molar-refractivity contribution in [3.8, 4) is 11.8 Å². The maximum absolute atomic E-state index is 5.92. The summed E-state index contributed by atoms with van der Waals surface area (Å²) in [6.45, 7) is 13.9. The molecule has 100 valence electrons. The summed E-state index contributed by atoms with van der Waals surface area (Å²) in [4.78, 5) is 0. The van der Waals surface area contributed by atoms with Crippen molar-refractivity contribution < 1.29 is 4.74 Å². The third kappa shape index (κ3) is 7.45.